The van der Waals surface area contributed by atoms with E-state index in [4.69, 9.17) is 14.2 Å². The molecule has 0 bridgehead atoms. The third kappa shape index (κ3) is 13.9. The number of esters is 1. The first-order valence-corrected chi connectivity index (χ1v) is 13.7. The predicted octanol–water partition coefficient (Wildman–Crippen LogP) is 3.92. The summed E-state index contributed by atoms with van der Waals surface area (Å²) in [6, 6.07) is 9.37. The van der Waals surface area contributed by atoms with Crippen LogP contribution in [0.4, 0.5) is 9.59 Å². The van der Waals surface area contributed by atoms with Gasteiger partial charge in [-0.25, -0.2) is 14.3 Å². The van der Waals surface area contributed by atoms with Crippen molar-refractivity contribution in [2.24, 2.45) is 4.99 Å². The van der Waals surface area contributed by atoms with Gasteiger partial charge in [-0.1, -0.05) is 35.5 Å². The number of rotatable bonds is 11. The Morgan fingerprint density at radius 2 is 1.52 bits per heavy atom. The van der Waals surface area contributed by atoms with Gasteiger partial charge < -0.3 is 14.2 Å². The van der Waals surface area contributed by atoms with Crippen LogP contribution in [-0.4, -0.2) is 69.7 Å². The van der Waals surface area contributed by atoms with Gasteiger partial charge in [-0.3, -0.25) is 25.2 Å². The molecule has 2 rings (SSSR count). The summed E-state index contributed by atoms with van der Waals surface area (Å²) in [4.78, 5) is 53.4. The Morgan fingerprint density at radius 1 is 0.929 bits per heavy atom. The summed E-state index contributed by atoms with van der Waals surface area (Å²) in [5.41, 5.74) is 0.0580. The lowest BCUT2D eigenvalue weighted by Gasteiger charge is -2.22. The monoisotopic (exact) mass is 586 g/mol. The molecule has 1 aromatic carbocycles. The lowest BCUT2D eigenvalue weighted by atomic mass is 9.91. The van der Waals surface area contributed by atoms with E-state index in [2.05, 4.69) is 25.9 Å². The van der Waals surface area contributed by atoms with Gasteiger partial charge in [0.15, 0.2) is 5.78 Å². The number of Topliss-reactive ketones (excluding diaryl/α,β-unsaturated/α-hetero) is 1. The Morgan fingerprint density at radius 3 is 2.07 bits per heavy atom. The number of carbonyl (C=O) groups is 4. The Kier molecular flexibility index (Phi) is 12.6. The van der Waals surface area contributed by atoms with E-state index < -0.39 is 23.4 Å². The molecule has 2 aromatic rings. The molecule has 0 saturated heterocycles. The van der Waals surface area contributed by atoms with Gasteiger partial charge in [0.25, 0.3) is 0 Å². The maximum absolute atomic E-state index is 12.8. The number of aryl methyl sites for hydroxylation is 1. The van der Waals surface area contributed by atoms with Crippen LogP contribution in [0.25, 0.3) is 0 Å². The molecule has 2 N–H and O–H groups in total. The summed E-state index contributed by atoms with van der Waals surface area (Å²) in [7, 11) is 1.32. The molecule has 0 aliphatic heterocycles. The van der Waals surface area contributed by atoms with Crippen LogP contribution in [0.1, 0.15) is 78.0 Å². The number of hydrogen-bond donors (Lipinski definition) is 2. The average Bonchev–Trinajstić information content (AvgIpc) is 3.31. The van der Waals surface area contributed by atoms with Gasteiger partial charge in [-0.05, 0) is 59.9 Å². The smallest absolute Gasteiger partial charge is 0.414 e. The SMILES string of the molecule is COC(=O)C[C@H](CC(=O)Cn1cc(CCCN=C(NC(=O)OC(C)(C)C)NC(=O)OC(C)(C)C)nn1)c1ccccc1. The molecular formula is C29H42N6O7. The highest BCUT2D eigenvalue weighted by atomic mass is 16.6. The Balaban J connectivity index is 1.95. The quantitative estimate of drug-likeness (QED) is 0.131. The molecule has 0 radical (unpaired) electrons. The minimum atomic E-state index is -0.772. The lowest BCUT2D eigenvalue weighted by molar-refractivity contribution is -0.141. The first-order chi connectivity index (χ1) is 19.6. The molecule has 0 unspecified atom stereocenters. The number of benzene rings is 1. The molecule has 1 atom stereocenters. The topological polar surface area (TPSA) is 163 Å². The lowest BCUT2D eigenvalue weighted by Crippen LogP contribution is -2.47. The highest BCUT2D eigenvalue weighted by Crippen LogP contribution is 2.24. The van der Waals surface area contributed by atoms with Crippen LogP contribution in [0.3, 0.4) is 0 Å². The number of hydrogen-bond acceptors (Lipinski definition) is 10. The van der Waals surface area contributed by atoms with Crippen LogP contribution < -0.4 is 10.6 Å². The predicted molar refractivity (Wildman–Crippen MR) is 155 cm³/mol. The van der Waals surface area contributed by atoms with Crippen LogP contribution in [-0.2, 0) is 36.8 Å². The summed E-state index contributed by atoms with van der Waals surface area (Å²) in [6.45, 7) is 10.6. The number of alkyl carbamates (subject to hydrolysis) is 2. The summed E-state index contributed by atoms with van der Waals surface area (Å²) < 4.78 is 16.7. The van der Waals surface area contributed by atoms with Gasteiger partial charge >= 0.3 is 18.2 Å². The van der Waals surface area contributed by atoms with Crippen molar-refractivity contribution in [1.82, 2.24) is 25.6 Å². The van der Waals surface area contributed by atoms with Crippen molar-refractivity contribution in [2.45, 2.75) is 90.9 Å². The van der Waals surface area contributed by atoms with Crippen molar-refractivity contribution in [3.05, 3.63) is 47.8 Å². The zero-order chi connectivity index (χ0) is 31.3. The molecule has 2 amide bonds. The fourth-order valence-corrected chi connectivity index (χ4v) is 3.73. The zero-order valence-electron chi connectivity index (χ0n) is 25.4. The van der Waals surface area contributed by atoms with E-state index in [0.717, 1.165) is 5.56 Å². The van der Waals surface area contributed by atoms with Gasteiger partial charge in [0.1, 0.15) is 17.7 Å². The number of methoxy groups -OCH3 is 1. The minimum Gasteiger partial charge on any atom is -0.469 e. The van der Waals surface area contributed by atoms with Crippen LogP contribution >= 0.6 is 0 Å². The van der Waals surface area contributed by atoms with E-state index in [0.29, 0.717) is 18.5 Å². The Labute approximate surface area is 246 Å². The number of ketones is 1. The average molecular weight is 587 g/mol. The molecule has 13 heteroatoms. The molecule has 0 aliphatic carbocycles. The van der Waals surface area contributed by atoms with Crippen LogP contribution in [0.15, 0.2) is 41.5 Å². The van der Waals surface area contributed by atoms with Crippen molar-refractivity contribution < 1.29 is 33.4 Å². The first kappa shape index (κ1) is 33.9. The van der Waals surface area contributed by atoms with Crippen LogP contribution in [0.2, 0.25) is 0 Å². The molecule has 0 spiro atoms. The Bertz CT molecular complexity index is 1200. The number of aromatic nitrogens is 3. The molecule has 1 aromatic heterocycles. The van der Waals surface area contributed by atoms with E-state index in [1.54, 1.807) is 47.7 Å². The van der Waals surface area contributed by atoms with Crippen molar-refractivity contribution in [3.8, 4) is 0 Å². The van der Waals surface area contributed by atoms with E-state index >= 15 is 0 Å². The molecule has 13 nitrogen and oxygen atoms in total. The fraction of sp³-hybridized carbons (Fsp3) is 0.552. The third-order valence-electron chi connectivity index (χ3n) is 5.41. The molecule has 42 heavy (non-hydrogen) atoms. The number of guanidine groups is 1. The maximum Gasteiger partial charge on any atom is 0.414 e. The minimum absolute atomic E-state index is 0.0133. The second-order valence-corrected chi connectivity index (χ2v) is 11.6. The third-order valence-corrected chi connectivity index (χ3v) is 5.41. The van der Waals surface area contributed by atoms with Crippen LogP contribution in [0, 0.1) is 0 Å². The van der Waals surface area contributed by atoms with E-state index in [-0.39, 0.29) is 49.6 Å². The van der Waals surface area contributed by atoms with Gasteiger partial charge in [-0.2, -0.15) is 0 Å². The van der Waals surface area contributed by atoms with E-state index in [9.17, 15) is 19.2 Å². The van der Waals surface area contributed by atoms with Gasteiger partial charge in [0.05, 0.1) is 19.2 Å². The summed E-state index contributed by atoms with van der Waals surface area (Å²) in [5.74, 6) is -0.884. The van der Waals surface area contributed by atoms with Crippen molar-refractivity contribution in [1.29, 1.82) is 0 Å². The molecule has 0 saturated carbocycles. The highest BCUT2D eigenvalue weighted by Gasteiger charge is 2.22. The van der Waals surface area contributed by atoms with Gasteiger partial charge in [-0.15, -0.1) is 5.10 Å². The number of nitrogens with one attached hydrogen (secondary N) is 2. The largest absolute Gasteiger partial charge is 0.469 e. The molecule has 1 heterocycles. The second-order valence-electron chi connectivity index (χ2n) is 11.6. The van der Waals surface area contributed by atoms with Crippen molar-refractivity contribution >= 4 is 29.9 Å². The zero-order valence-corrected chi connectivity index (χ0v) is 25.4. The summed E-state index contributed by atoms with van der Waals surface area (Å²) in [6.07, 6.45) is 1.38. The first-order valence-electron chi connectivity index (χ1n) is 13.7. The molecule has 0 aliphatic rings. The summed E-state index contributed by atoms with van der Waals surface area (Å²) in [5, 5.41) is 13.0. The highest BCUT2D eigenvalue weighted by molar-refractivity contribution is 6.01. The molecular weight excluding hydrogens is 544 g/mol. The number of ether oxygens (including phenoxy) is 3. The normalized spacial score (nSPS) is 12.1. The van der Waals surface area contributed by atoms with E-state index in [1.807, 2.05) is 30.3 Å². The van der Waals surface area contributed by atoms with E-state index in [1.165, 1.54) is 11.8 Å². The Hall–Kier alpha value is -4.29. The number of amides is 2. The number of carbonyl (C=O) groups excluding carboxylic acids is 4. The number of nitrogens with zero attached hydrogens (tertiary/aromatic N) is 4. The van der Waals surface area contributed by atoms with Crippen LogP contribution in [0.5, 0.6) is 0 Å². The second kappa shape index (κ2) is 15.6. The molecule has 230 valence electrons. The summed E-state index contributed by atoms with van der Waals surface area (Å²) >= 11 is 0. The maximum atomic E-state index is 12.8. The molecule has 0 fully saturated rings. The standard InChI is InChI=1S/C29H42N6O7/c1-28(2,3)41-26(38)31-25(32-27(39)42-29(4,5)6)30-15-11-14-22-18-35(34-33-22)19-23(36)16-21(17-24(37)40-7)20-12-9-8-10-13-20/h8-10,12-13,18,21H,11,14-17,19H2,1-7H3,(H2,30,31,32,38,39)/t21-/m0/s1. The number of aliphatic imine (C=N–C) groups is 1. The van der Waals surface area contributed by atoms with Crippen molar-refractivity contribution in [3.63, 3.8) is 0 Å². The van der Waals surface area contributed by atoms with Gasteiger partial charge in [0.2, 0.25) is 5.96 Å². The van der Waals surface area contributed by atoms with Gasteiger partial charge in [0, 0.05) is 25.1 Å². The fourth-order valence-electron chi connectivity index (χ4n) is 3.73. The van der Waals surface area contributed by atoms with Crippen molar-refractivity contribution in [2.75, 3.05) is 13.7 Å².